The minimum atomic E-state index is 0.0127. The van der Waals surface area contributed by atoms with Crippen LogP contribution in [0.2, 0.25) is 0 Å². The topological polar surface area (TPSA) is 92.1 Å². The molecule has 1 aliphatic heterocycles. The summed E-state index contributed by atoms with van der Waals surface area (Å²) in [7, 11) is 0. The van der Waals surface area contributed by atoms with Gasteiger partial charge in [-0.25, -0.2) is 14.6 Å². The zero-order chi connectivity index (χ0) is 20.4. The maximum absolute atomic E-state index is 12.5. The molecule has 0 aliphatic carbocycles. The summed E-state index contributed by atoms with van der Waals surface area (Å²) in [6, 6.07) is 6.08. The van der Waals surface area contributed by atoms with Crippen LogP contribution in [0.15, 0.2) is 24.5 Å². The second kappa shape index (κ2) is 8.12. The van der Waals surface area contributed by atoms with E-state index in [2.05, 4.69) is 41.5 Å². The van der Waals surface area contributed by atoms with Crippen molar-refractivity contribution in [1.82, 2.24) is 29.9 Å². The molecule has 4 rings (SSSR count). The first-order chi connectivity index (χ1) is 14.0. The van der Waals surface area contributed by atoms with Crippen LogP contribution >= 0.6 is 0 Å². The van der Waals surface area contributed by atoms with Crippen molar-refractivity contribution < 1.29 is 4.79 Å². The molecule has 0 saturated carbocycles. The quantitative estimate of drug-likeness (QED) is 0.703. The Hall–Kier alpha value is -3.07. The summed E-state index contributed by atoms with van der Waals surface area (Å²) in [5.74, 6) is 0.827. The second-order valence-electron chi connectivity index (χ2n) is 7.46. The number of rotatable bonds is 5. The van der Waals surface area contributed by atoms with Crippen LogP contribution in [-0.2, 0) is 11.3 Å². The second-order valence-corrected chi connectivity index (χ2v) is 7.46. The molecule has 1 saturated heterocycles. The van der Waals surface area contributed by atoms with Crippen molar-refractivity contribution in [3.05, 3.63) is 35.7 Å². The monoisotopic (exact) mass is 394 g/mol. The highest BCUT2D eigenvalue weighted by Gasteiger charge is 2.23. The highest BCUT2D eigenvalue weighted by Crippen LogP contribution is 2.21. The van der Waals surface area contributed by atoms with Gasteiger partial charge in [-0.2, -0.15) is 0 Å². The zero-order valence-electron chi connectivity index (χ0n) is 17.1. The van der Waals surface area contributed by atoms with Crippen LogP contribution in [0.1, 0.15) is 18.1 Å². The van der Waals surface area contributed by atoms with Gasteiger partial charge in [0.25, 0.3) is 0 Å². The van der Waals surface area contributed by atoms with Gasteiger partial charge in [-0.3, -0.25) is 9.69 Å². The number of aromatic nitrogens is 5. The van der Waals surface area contributed by atoms with Crippen LogP contribution in [0.25, 0.3) is 11.2 Å². The van der Waals surface area contributed by atoms with Crippen LogP contribution in [-0.4, -0.2) is 68.5 Å². The van der Waals surface area contributed by atoms with Crippen molar-refractivity contribution in [2.45, 2.75) is 27.3 Å². The van der Waals surface area contributed by atoms with Crippen LogP contribution < -0.4 is 10.2 Å². The van der Waals surface area contributed by atoms with E-state index in [0.29, 0.717) is 6.54 Å². The summed E-state index contributed by atoms with van der Waals surface area (Å²) >= 11 is 0. The van der Waals surface area contributed by atoms with Crippen LogP contribution in [0, 0.1) is 13.8 Å². The zero-order valence-corrected chi connectivity index (χ0v) is 17.1. The highest BCUT2D eigenvalue weighted by atomic mass is 16.2. The number of fused-ring (bicyclic) bond motifs is 1. The lowest BCUT2D eigenvalue weighted by molar-refractivity contribution is -0.117. The molecule has 0 spiro atoms. The average molecular weight is 394 g/mol. The molecule has 1 aliphatic rings. The Labute approximate surface area is 169 Å². The summed E-state index contributed by atoms with van der Waals surface area (Å²) in [4.78, 5) is 25.6. The standard InChI is InChI=1S/C20H26N8O/c1-4-28-20-18(24-25-28)19(21-13-22-20)27-7-5-26(6-8-27)12-17(29)23-16-10-14(2)9-15(3)11-16/h9-11,13H,4-8,12H2,1-3H3,(H,23,29). The molecule has 0 atom stereocenters. The van der Waals surface area contributed by atoms with Crippen molar-refractivity contribution in [1.29, 1.82) is 0 Å². The number of amides is 1. The molecule has 9 heteroatoms. The van der Waals surface area contributed by atoms with Crippen LogP contribution in [0.5, 0.6) is 0 Å². The predicted octanol–water partition coefficient (Wildman–Crippen LogP) is 1.62. The van der Waals surface area contributed by atoms with Gasteiger partial charge in [0.2, 0.25) is 5.91 Å². The predicted molar refractivity (Wildman–Crippen MR) is 112 cm³/mol. The summed E-state index contributed by atoms with van der Waals surface area (Å²) in [5, 5.41) is 11.4. The number of aryl methyl sites for hydroxylation is 3. The molecule has 1 fully saturated rings. The fourth-order valence-corrected chi connectivity index (χ4v) is 3.79. The Morgan fingerprint density at radius 1 is 1.07 bits per heavy atom. The Morgan fingerprint density at radius 2 is 1.79 bits per heavy atom. The van der Waals surface area contributed by atoms with Gasteiger partial charge < -0.3 is 10.2 Å². The Bertz CT molecular complexity index is 1000. The molecule has 3 heterocycles. The molecular formula is C20H26N8O. The number of hydrogen-bond acceptors (Lipinski definition) is 7. The molecule has 2 aromatic heterocycles. The number of carbonyl (C=O) groups is 1. The number of benzene rings is 1. The van der Waals surface area contributed by atoms with E-state index in [9.17, 15) is 4.79 Å². The third-order valence-corrected chi connectivity index (χ3v) is 5.12. The number of hydrogen-bond donors (Lipinski definition) is 1. The van der Waals surface area contributed by atoms with Crippen molar-refractivity contribution in [2.24, 2.45) is 0 Å². The molecule has 1 amide bonds. The first kappa shape index (κ1) is 19.3. The molecular weight excluding hydrogens is 368 g/mol. The van der Waals surface area contributed by atoms with Crippen LogP contribution in [0.4, 0.5) is 11.5 Å². The number of nitrogens with one attached hydrogen (secondary N) is 1. The SMILES string of the molecule is CCn1nnc2c(N3CCN(CC(=O)Nc4cc(C)cc(C)c4)CC3)ncnc21. The maximum Gasteiger partial charge on any atom is 0.238 e. The highest BCUT2D eigenvalue weighted by molar-refractivity contribution is 5.92. The molecule has 3 aromatic rings. The smallest absolute Gasteiger partial charge is 0.238 e. The molecule has 0 bridgehead atoms. The Morgan fingerprint density at radius 3 is 2.48 bits per heavy atom. The summed E-state index contributed by atoms with van der Waals surface area (Å²) in [6.45, 7) is 10.3. The summed E-state index contributed by atoms with van der Waals surface area (Å²) in [6.07, 6.45) is 1.57. The van der Waals surface area contributed by atoms with Gasteiger partial charge in [0.05, 0.1) is 6.54 Å². The third-order valence-electron chi connectivity index (χ3n) is 5.12. The molecule has 1 N–H and O–H groups in total. The minimum absolute atomic E-state index is 0.0127. The van der Waals surface area contributed by atoms with E-state index in [1.54, 1.807) is 11.0 Å². The molecule has 29 heavy (non-hydrogen) atoms. The molecule has 0 radical (unpaired) electrons. The van der Waals surface area contributed by atoms with Gasteiger partial charge in [0, 0.05) is 38.4 Å². The van der Waals surface area contributed by atoms with Crippen molar-refractivity contribution in [2.75, 3.05) is 42.9 Å². The number of anilines is 2. The molecule has 0 unspecified atom stereocenters. The molecule has 1 aromatic carbocycles. The van der Waals surface area contributed by atoms with E-state index >= 15 is 0 Å². The van der Waals surface area contributed by atoms with Crippen molar-refractivity contribution >= 4 is 28.6 Å². The minimum Gasteiger partial charge on any atom is -0.352 e. The van der Waals surface area contributed by atoms with Crippen molar-refractivity contribution in [3.8, 4) is 0 Å². The largest absolute Gasteiger partial charge is 0.352 e. The van der Waals surface area contributed by atoms with E-state index in [0.717, 1.165) is 66.5 Å². The third kappa shape index (κ3) is 4.19. The first-order valence-corrected chi connectivity index (χ1v) is 9.93. The Balaban J connectivity index is 1.36. The van der Waals surface area contributed by atoms with E-state index in [4.69, 9.17) is 0 Å². The van der Waals surface area contributed by atoms with Crippen molar-refractivity contribution in [3.63, 3.8) is 0 Å². The Kier molecular flexibility index (Phi) is 5.39. The van der Waals surface area contributed by atoms with E-state index < -0.39 is 0 Å². The van der Waals surface area contributed by atoms with E-state index in [1.807, 2.05) is 32.9 Å². The molecule has 9 nitrogen and oxygen atoms in total. The van der Waals surface area contributed by atoms with Crippen LogP contribution in [0.3, 0.4) is 0 Å². The fourth-order valence-electron chi connectivity index (χ4n) is 3.79. The maximum atomic E-state index is 12.5. The number of piperazine rings is 1. The van der Waals surface area contributed by atoms with Gasteiger partial charge in [0.15, 0.2) is 17.0 Å². The van der Waals surface area contributed by atoms with E-state index in [1.165, 1.54) is 0 Å². The van der Waals surface area contributed by atoms with Gasteiger partial charge in [0.1, 0.15) is 6.33 Å². The number of carbonyl (C=O) groups excluding carboxylic acids is 1. The summed E-state index contributed by atoms with van der Waals surface area (Å²) < 4.78 is 1.77. The van der Waals surface area contributed by atoms with E-state index in [-0.39, 0.29) is 5.91 Å². The number of nitrogens with zero attached hydrogens (tertiary/aromatic N) is 7. The normalized spacial score (nSPS) is 15.1. The van der Waals surface area contributed by atoms with Gasteiger partial charge in [-0.05, 0) is 44.0 Å². The summed E-state index contributed by atoms with van der Waals surface area (Å²) in [5.41, 5.74) is 4.63. The van der Waals surface area contributed by atoms with Gasteiger partial charge >= 0.3 is 0 Å². The van der Waals surface area contributed by atoms with Gasteiger partial charge in [-0.15, -0.1) is 5.10 Å². The lowest BCUT2D eigenvalue weighted by Crippen LogP contribution is -2.49. The first-order valence-electron chi connectivity index (χ1n) is 9.93. The van der Waals surface area contributed by atoms with Gasteiger partial charge in [-0.1, -0.05) is 11.3 Å². The fraction of sp³-hybridized carbons (Fsp3) is 0.450. The average Bonchev–Trinajstić information content (AvgIpc) is 3.11. The lowest BCUT2D eigenvalue weighted by atomic mass is 10.1. The molecule has 152 valence electrons. The lowest BCUT2D eigenvalue weighted by Gasteiger charge is -2.34.